The van der Waals surface area contributed by atoms with E-state index < -0.39 is 34.3 Å². The van der Waals surface area contributed by atoms with E-state index in [9.17, 15) is 17.6 Å². The Morgan fingerprint density at radius 3 is 2.19 bits per heavy atom. The van der Waals surface area contributed by atoms with Crippen molar-refractivity contribution in [1.29, 1.82) is 0 Å². The molecule has 1 amide bonds. The van der Waals surface area contributed by atoms with Crippen LogP contribution in [-0.4, -0.2) is 28.0 Å². The van der Waals surface area contributed by atoms with E-state index in [2.05, 4.69) is 5.32 Å². The van der Waals surface area contributed by atoms with E-state index in [0.717, 1.165) is 27.1 Å². The maximum absolute atomic E-state index is 14.8. The first-order valence-corrected chi connectivity index (χ1v) is 13.1. The van der Waals surface area contributed by atoms with Crippen molar-refractivity contribution in [3.63, 3.8) is 0 Å². The number of methoxy groups -OCH3 is 1. The molecule has 0 aliphatic rings. The van der Waals surface area contributed by atoms with Crippen molar-refractivity contribution in [2.75, 3.05) is 18.0 Å². The van der Waals surface area contributed by atoms with Gasteiger partial charge in [0.25, 0.3) is 10.0 Å². The van der Waals surface area contributed by atoms with Crippen LogP contribution in [0.4, 0.5) is 10.1 Å². The minimum Gasteiger partial charge on any atom is -0.497 e. The monoisotopic (exact) mass is 518 g/mol. The van der Waals surface area contributed by atoms with Gasteiger partial charge in [-0.3, -0.25) is 9.10 Å². The quantitative estimate of drug-likeness (QED) is 0.329. The fourth-order valence-electron chi connectivity index (χ4n) is 4.02. The number of benzene rings is 4. The highest BCUT2D eigenvalue weighted by Gasteiger charge is 2.30. The van der Waals surface area contributed by atoms with Gasteiger partial charge in [-0.1, -0.05) is 72.3 Å². The van der Waals surface area contributed by atoms with Gasteiger partial charge in [0.05, 0.1) is 23.7 Å². The van der Waals surface area contributed by atoms with E-state index >= 15 is 0 Å². The number of rotatable bonds is 9. The van der Waals surface area contributed by atoms with Crippen LogP contribution in [0.15, 0.2) is 108 Å². The lowest BCUT2D eigenvalue weighted by Gasteiger charge is -2.26. The van der Waals surface area contributed by atoms with Crippen LogP contribution in [0.25, 0.3) is 0 Å². The second-order valence-corrected chi connectivity index (χ2v) is 10.3. The Kier molecular flexibility index (Phi) is 7.89. The van der Waals surface area contributed by atoms with Crippen LogP contribution in [-0.2, 0) is 14.8 Å². The molecule has 0 saturated heterocycles. The van der Waals surface area contributed by atoms with Gasteiger partial charge in [-0.05, 0) is 54.4 Å². The number of carbonyl (C=O) groups excluding carboxylic acids is 1. The lowest BCUT2D eigenvalue weighted by atomic mass is 9.97. The second kappa shape index (κ2) is 11.3. The Balaban J connectivity index is 1.70. The Morgan fingerprint density at radius 2 is 1.54 bits per heavy atom. The Hall–Kier alpha value is -4.17. The predicted octanol–water partition coefficient (Wildman–Crippen LogP) is 5.24. The van der Waals surface area contributed by atoms with Crippen LogP contribution in [0.3, 0.4) is 0 Å². The Bertz CT molecular complexity index is 1480. The first kappa shape index (κ1) is 25.9. The SMILES string of the molecule is COc1ccc(S(=O)(=O)N(CC(=O)NC(c2ccccc2)c2cccc(C)c2)c2ccccc2F)cc1. The highest BCUT2D eigenvalue weighted by atomic mass is 32.2. The standard InChI is InChI=1S/C29H27FN2O4S/c1-21-9-8-12-23(19-21)29(22-10-4-3-5-11-22)31-28(33)20-32(27-14-7-6-13-26(27)30)37(34,35)25-17-15-24(36-2)16-18-25/h3-19,29H,20H2,1-2H3,(H,31,33). The smallest absolute Gasteiger partial charge is 0.264 e. The Morgan fingerprint density at radius 1 is 0.892 bits per heavy atom. The number of nitrogens with one attached hydrogen (secondary N) is 1. The number of halogens is 1. The molecule has 4 rings (SSSR count). The number of carbonyl (C=O) groups is 1. The van der Waals surface area contributed by atoms with Crippen LogP contribution in [0.2, 0.25) is 0 Å². The summed E-state index contributed by atoms with van der Waals surface area (Å²) in [4.78, 5) is 13.3. The fourth-order valence-corrected chi connectivity index (χ4v) is 5.45. The molecule has 37 heavy (non-hydrogen) atoms. The number of nitrogens with zero attached hydrogens (tertiary/aromatic N) is 1. The molecular weight excluding hydrogens is 491 g/mol. The van der Waals surface area contributed by atoms with Crippen molar-refractivity contribution in [3.8, 4) is 5.75 Å². The molecule has 190 valence electrons. The molecule has 0 fully saturated rings. The summed E-state index contributed by atoms with van der Waals surface area (Å²) < 4.78 is 48.0. The van der Waals surface area contributed by atoms with Crippen LogP contribution in [0.1, 0.15) is 22.7 Å². The molecule has 1 N–H and O–H groups in total. The number of amides is 1. The van der Waals surface area contributed by atoms with E-state index in [1.165, 1.54) is 49.6 Å². The van der Waals surface area contributed by atoms with Gasteiger partial charge in [0.2, 0.25) is 5.91 Å². The van der Waals surface area contributed by atoms with Gasteiger partial charge >= 0.3 is 0 Å². The summed E-state index contributed by atoms with van der Waals surface area (Å²) >= 11 is 0. The summed E-state index contributed by atoms with van der Waals surface area (Å²) in [6, 6.07) is 27.7. The summed E-state index contributed by atoms with van der Waals surface area (Å²) in [6.45, 7) is 1.33. The molecule has 8 heteroatoms. The van der Waals surface area contributed by atoms with E-state index in [0.29, 0.717) is 5.75 Å². The first-order chi connectivity index (χ1) is 17.8. The topological polar surface area (TPSA) is 75.7 Å². The number of anilines is 1. The van der Waals surface area contributed by atoms with Gasteiger partial charge in [-0.25, -0.2) is 12.8 Å². The Labute approximate surface area is 216 Å². The van der Waals surface area contributed by atoms with Gasteiger partial charge in [-0.15, -0.1) is 0 Å². The molecule has 1 atom stereocenters. The van der Waals surface area contributed by atoms with Gasteiger partial charge < -0.3 is 10.1 Å². The third-order valence-electron chi connectivity index (χ3n) is 5.87. The molecule has 0 bridgehead atoms. The molecule has 0 aliphatic heterocycles. The number of hydrogen-bond donors (Lipinski definition) is 1. The van der Waals surface area contributed by atoms with E-state index in [1.807, 2.05) is 61.5 Å². The normalized spacial score (nSPS) is 12.0. The van der Waals surface area contributed by atoms with Crippen molar-refractivity contribution in [1.82, 2.24) is 5.32 Å². The summed E-state index contributed by atoms with van der Waals surface area (Å²) in [5, 5.41) is 2.95. The third-order valence-corrected chi connectivity index (χ3v) is 7.64. The largest absolute Gasteiger partial charge is 0.497 e. The number of para-hydroxylation sites is 1. The zero-order valence-corrected chi connectivity index (χ0v) is 21.3. The number of hydrogen-bond acceptors (Lipinski definition) is 4. The minimum absolute atomic E-state index is 0.0948. The molecule has 0 aliphatic carbocycles. The molecule has 0 aromatic heterocycles. The van der Waals surface area contributed by atoms with Gasteiger partial charge in [0, 0.05) is 0 Å². The average Bonchev–Trinajstić information content (AvgIpc) is 2.91. The lowest BCUT2D eigenvalue weighted by molar-refractivity contribution is -0.120. The molecule has 0 spiro atoms. The van der Waals surface area contributed by atoms with Gasteiger partial charge in [-0.2, -0.15) is 0 Å². The zero-order valence-electron chi connectivity index (χ0n) is 20.5. The number of ether oxygens (including phenoxy) is 1. The lowest BCUT2D eigenvalue weighted by Crippen LogP contribution is -2.42. The maximum Gasteiger partial charge on any atom is 0.264 e. The van der Waals surface area contributed by atoms with Crippen molar-refractivity contribution < 1.29 is 22.3 Å². The van der Waals surface area contributed by atoms with Crippen molar-refractivity contribution >= 4 is 21.6 Å². The highest BCUT2D eigenvalue weighted by molar-refractivity contribution is 7.92. The van der Waals surface area contributed by atoms with Crippen LogP contribution in [0, 0.1) is 12.7 Å². The highest BCUT2D eigenvalue weighted by Crippen LogP contribution is 2.28. The molecular formula is C29H27FN2O4S. The molecule has 0 heterocycles. The number of aryl methyl sites for hydroxylation is 1. The van der Waals surface area contributed by atoms with Crippen LogP contribution < -0.4 is 14.4 Å². The second-order valence-electron chi connectivity index (χ2n) is 8.46. The summed E-state index contributed by atoms with van der Waals surface area (Å²) in [7, 11) is -2.82. The van der Waals surface area contributed by atoms with Crippen molar-refractivity contribution in [2.45, 2.75) is 17.9 Å². The van der Waals surface area contributed by atoms with Crippen LogP contribution in [0.5, 0.6) is 5.75 Å². The fraction of sp³-hybridized carbons (Fsp3) is 0.138. The number of sulfonamides is 1. The minimum atomic E-state index is -4.29. The summed E-state index contributed by atoms with van der Waals surface area (Å²) in [5.74, 6) is -0.876. The average molecular weight is 519 g/mol. The molecule has 4 aromatic carbocycles. The zero-order chi connectivity index (χ0) is 26.4. The third kappa shape index (κ3) is 5.98. The van der Waals surface area contributed by atoms with Gasteiger partial charge in [0.15, 0.2) is 0 Å². The molecule has 1 unspecified atom stereocenters. The van der Waals surface area contributed by atoms with Gasteiger partial charge in [0.1, 0.15) is 18.1 Å². The summed E-state index contributed by atoms with van der Waals surface area (Å²) in [5.41, 5.74) is 2.47. The van der Waals surface area contributed by atoms with E-state index in [4.69, 9.17) is 4.74 Å². The first-order valence-electron chi connectivity index (χ1n) is 11.6. The summed E-state index contributed by atoms with van der Waals surface area (Å²) in [6.07, 6.45) is 0. The van der Waals surface area contributed by atoms with Crippen LogP contribution >= 0.6 is 0 Å². The maximum atomic E-state index is 14.8. The molecule has 4 aromatic rings. The molecule has 6 nitrogen and oxygen atoms in total. The van der Waals surface area contributed by atoms with Crippen molar-refractivity contribution in [2.24, 2.45) is 0 Å². The van der Waals surface area contributed by atoms with Crippen molar-refractivity contribution in [3.05, 3.63) is 126 Å². The molecule has 0 radical (unpaired) electrons. The van der Waals surface area contributed by atoms with E-state index in [1.54, 1.807) is 0 Å². The van der Waals surface area contributed by atoms with E-state index in [-0.39, 0.29) is 10.6 Å². The predicted molar refractivity (Wildman–Crippen MR) is 142 cm³/mol. The molecule has 0 saturated carbocycles.